The van der Waals surface area contributed by atoms with Crippen LogP contribution in [0.4, 0.5) is 0 Å². The van der Waals surface area contributed by atoms with Gasteiger partial charge in [-0.25, -0.2) is 0 Å². The van der Waals surface area contributed by atoms with Gasteiger partial charge in [0.1, 0.15) is 0 Å². The maximum absolute atomic E-state index is 11.0. The van der Waals surface area contributed by atoms with Crippen LogP contribution in [0.1, 0.15) is 13.3 Å². The lowest BCUT2D eigenvalue weighted by Crippen LogP contribution is -1.95. The molecule has 16 heavy (non-hydrogen) atoms. The van der Waals surface area contributed by atoms with E-state index in [9.17, 15) is 4.79 Å². The van der Waals surface area contributed by atoms with E-state index in [0.29, 0.717) is 6.42 Å². The molecule has 1 aromatic carbocycles. The summed E-state index contributed by atoms with van der Waals surface area (Å²) < 4.78 is 5.00. The number of hydrogen-bond donors (Lipinski definition) is 0. The topological polar surface area (TPSA) is 52.1 Å². The van der Waals surface area contributed by atoms with Gasteiger partial charge in [-0.15, -0.1) is 0 Å². The van der Waals surface area contributed by atoms with E-state index < -0.39 is 0 Å². The minimum Gasteiger partial charge on any atom is -0.386 e. The molecule has 0 saturated carbocycles. The molecule has 0 fully saturated rings. The molecular formula is C11H10N2O2S. The third-order valence-corrected chi connectivity index (χ3v) is 2.80. The predicted molar refractivity (Wildman–Crippen MR) is 61.8 cm³/mol. The minimum absolute atomic E-state index is 0.245. The number of carbonyl (C=O) groups excluding carboxylic acids is 1. The Kier molecular flexibility index (Phi) is 3.36. The van der Waals surface area contributed by atoms with E-state index in [2.05, 4.69) is 10.2 Å². The summed E-state index contributed by atoms with van der Waals surface area (Å²) >= 11 is 1.03. The smallest absolute Gasteiger partial charge is 0.317 e. The highest BCUT2D eigenvalue weighted by Gasteiger charge is 2.06. The van der Waals surface area contributed by atoms with Crippen molar-refractivity contribution in [3.8, 4) is 0 Å². The summed E-state index contributed by atoms with van der Waals surface area (Å²) in [4.78, 5) is 11.8. The van der Waals surface area contributed by atoms with Gasteiger partial charge in [0.05, 0.1) is 28.7 Å². The molecule has 0 unspecified atom stereocenters. The van der Waals surface area contributed by atoms with Crippen molar-refractivity contribution in [3.05, 3.63) is 30.5 Å². The highest BCUT2D eigenvalue weighted by atomic mass is 32.2. The van der Waals surface area contributed by atoms with Gasteiger partial charge in [-0.2, -0.15) is 10.2 Å². The Morgan fingerprint density at radius 1 is 1.44 bits per heavy atom. The summed E-state index contributed by atoms with van der Waals surface area (Å²) in [7, 11) is 0. The molecule has 0 spiro atoms. The second kappa shape index (κ2) is 4.94. The molecule has 5 heteroatoms. The number of hydrogen-bond acceptors (Lipinski definition) is 5. The van der Waals surface area contributed by atoms with E-state index in [4.69, 9.17) is 4.18 Å². The molecule has 0 bridgehead atoms. The molecule has 1 heterocycles. The van der Waals surface area contributed by atoms with Crippen molar-refractivity contribution in [2.75, 3.05) is 0 Å². The quantitative estimate of drug-likeness (QED) is 0.764. The Morgan fingerprint density at radius 3 is 3.06 bits per heavy atom. The van der Waals surface area contributed by atoms with Gasteiger partial charge in [0.2, 0.25) is 0 Å². The zero-order valence-electron chi connectivity index (χ0n) is 8.71. The SMILES string of the molecule is CCC(=O)OSc1cnnc2ccccc12. The first-order chi connectivity index (χ1) is 7.81. The van der Waals surface area contributed by atoms with Crippen LogP contribution in [-0.4, -0.2) is 16.2 Å². The molecule has 82 valence electrons. The Balaban J connectivity index is 2.27. The molecule has 0 saturated heterocycles. The van der Waals surface area contributed by atoms with E-state index in [-0.39, 0.29) is 5.97 Å². The summed E-state index contributed by atoms with van der Waals surface area (Å²) in [6.07, 6.45) is 1.96. The maximum atomic E-state index is 11.0. The van der Waals surface area contributed by atoms with Crippen LogP contribution in [0, 0.1) is 0 Å². The monoisotopic (exact) mass is 234 g/mol. The number of rotatable bonds is 3. The maximum Gasteiger partial charge on any atom is 0.317 e. The van der Waals surface area contributed by atoms with Crippen LogP contribution in [0.2, 0.25) is 0 Å². The highest BCUT2D eigenvalue weighted by Crippen LogP contribution is 2.26. The van der Waals surface area contributed by atoms with Crippen molar-refractivity contribution in [1.82, 2.24) is 10.2 Å². The number of benzene rings is 1. The zero-order chi connectivity index (χ0) is 11.4. The molecule has 0 aliphatic carbocycles. The van der Waals surface area contributed by atoms with E-state index in [1.54, 1.807) is 13.1 Å². The van der Waals surface area contributed by atoms with Gasteiger partial charge in [-0.3, -0.25) is 4.79 Å². The zero-order valence-corrected chi connectivity index (χ0v) is 9.53. The van der Waals surface area contributed by atoms with Crippen molar-refractivity contribution in [2.45, 2.75) is 18.2 Å². The van der Waals surface area contributed by atoms with E-state index in [0.717, 1.165) is 27.8 Å². The molecule has 0 aliphatic rings. The summed E-state index contributed by atoms with van der Waals surface area (Å²) in [6.45, 7) is 1.76. The van der Waals surface area contributed by atoms with Crippen molar-refractivity contribution in [3.63, 3.8) is 0 Å². The first-order valence-corrected chi connectivity index (χ1v) is 5.63. The summed E-state index contributed by atoms with van der Waals surface area (Å²) in [5.41, 5.74) is 0.792. The van der Waals surface area contributed by atoms with Gasteiger partial charge in [-0.1, -0.05) is 25.1 Å². The second-order valence-electron chi connectivity index (χ2n) is 3.12. The highest BCUT2D eigenvalue weighted by molar-refractivity contribution is 7.95. The fraction of sp³-hybridized carbons (Fsp3) is 0.182. The molecule has 0 aliphatic heterocycles. The summed E-state index contributed by atoms with van der Waals surface area (Å²) in [5.74, 6) is -0.245. The van der Waals surface area contributed by atoms with Gasteiger partial charge in [0.15, 0.2) is 0 Å². The normalized spacial score (nSPS) is 10.3. The Bertz CT molecular complexity index is 511. The predicted octanol–water partition coefficient (Wildman–Crippen LogP) is 2.59. The number of fused-ring (bicyclic) bond motifs is 1. The van der Waals surface area contributed by atoms with Crippen LogP contribution in [0.25, 0.3) is 10.9 Å². The molecule has 0 atom stereocenters. The van der Waals surface area contributed by atoms with E-state index in [1.807, 2.05) is 24.3 Å². The average molecular weight is 234 g/mol. The van der Waals surface area contributed by atoms with Gasteiger partial charge in [-0.05, 0) is 6.07 Å². The molecule has 0 N–H and O–H groups in total. The Hall–Kier alpha value is -1.62. The number of nitrogens with zero attached hydrogens (tertiary/aromatic N) is 2. The molecule has 0 amide bonds. The van der Waals surface area contributed by atoms with Crippen molar-refractivity contribution >= 4 is 28.9 Å². The van der Waals surface area contributed by atoms with Gasteiger partial charge in [0, 0.05) is 11.8 Å². The first kappa shape index (κ1) is 10.9. The fourth-order valence-corrected chi connectivity index (χ4v) is 1.85. The van der Waals surface area contributed by atoms with Crippen molar-refractivity contribution < 1.29 is 8.98 Å². The number of aromatic nitrogens is 2. The van der Waals surface area contributed by atoms with E-state index >= 15 is 0 Å². The van der Waals surface area contributed by atoms with Crippen LogP contribution in [0.5, 0.6) is 0 Å². The molecule has 0 radical (unpaired) electrons. The third kappa shape index (κ3) is 2.30. The molecule has 1 aromatic heterocycles. The Labute approximate surface area is 97.2 Å². The third-order valence-electron chi connectivity index (χ3n) is 2.02. The lowest BCUT2D eigenvalue weighted by molar-refractivity contribution is -0.132. The number of carbonyl (C=O) groups is 1. The molecule has 2 rings (SSSR count). The lowest BCUT2D eigenvalue weighted by Gasteiger charge is -2.03. The van der Waals surface area contributed by atoms with Crippen molar-refractivity contribution in [2.24, 2.45) is 0 Å². The fourth-order valence-electron chi connectivity index (χ4n) is 1.20. The van der Waals surface area contributed by atoms with Crippen LogP contribution in [-0.2, 0) is 8.98 Å². The standard InChI is InChI=1S/C11H10N2O2S/c1-2-11(14)15-16-10-7-12-13-9-6-4-3-5-8(9)10/h3-7H,2H2,1H3. The van der Waals surface area contributed by atoms with Crippen LogP contribution < -0.4 is 0 Å². The van der Waals surface area contributed by atoms with Gasteiger partial charge < -0.3 is 4.18 Å². The largest absolute Gasteiger partial charge is 0.386 e. The summed E-state index contributed by atoms with van der Waals surface area (Å²) in [6, 6.07) is 7.60. The van der Waals surface area contributed by atoms with E-state index in [1.165, 1.54) is 0 Å². The minimum atomic E-state index is -0.245. The van der Waals surface area contributed by atoms with Crippen LogP contribution in [0.3, 0.4) is 0 Å². The van der Waals surface area contributed by atoms with Crippen LogP contribution in [0.15, 0.2) is 35.4 Å². The first-order valence-electron chi connectivity index (χ1n) is 4.89. The van der Waals surface area contributed by atoms with Crippen molar-refractivity contribution in [1.29, 1.82) is 0 Å². The second-order valence-corrected chi connectivity index (χ2v) is 3.89. The Morgan fingerprint density at radius 2 is 2.25 bits per heavy atom. The molecule has 4 nitrogen and oxygen atoms in total. The molecule has 2 aromatic rings. The van der Waals surface area contributed by atoms with Gasteiger partial charge >= 0.3 is 5.97 Å². The summed E-state index contributed by atoms with van der Waals surface area (Å²) in [5, 5.41) is 8.78. The van der Waals surface area contributed by atoms with Crippen LogP contribution >= 0.6 is 12.0 Å². The molecular weight excluding hydrogens is 224 g/mol. The lowest BCUT2D eigenvalue weighted by atomic mass is 10.2. The average Bonchev–Trinajstić information content (AvgIpc) is 2.35. The van der Waals surface area contributed by atoms with Gasteiger partial charge in [0.25, 0.3) is 0 Å².